The van der Waals surface area contributed by atoms with Crippen molar-refractivity contribution in [3.05, 3.63) is 35.7 Å². The summed E-state index contributed by atoms with van der Waals surface area (Å²) in [5, 5.41) is 8.51. The van der Waals surface area contributed by atoms with Gasteiger partial charge in [0.2, 0.25) is 0 Å². The van der Waals surface area contributed by atoms with Gasteiger partial charge in [-0.15, -0.1) is 10.2 Å². The van der Waals surface area contributed by atoms with E-state index in [1.165, 1.54) is 11.1 Å². The Hall–Kier alpha value is -1.64. The largest absolute Gasteiger partial charge is 0.305 e. The summed E-state index contributed by atoms with van der Waals surface area (Å²) in [7, 11) is 0. The molecule has 0 N–H and O–H groups in total. The van der Waals surface area contributed by atoms with Gasteiger partial charge in [-0.2, -0.15) is 0 Å². The summed E-state index contributed by atoms with van der Waals surface area (Å²) in [5.74, 6) is 2.00. The maximum absolute atomic E-state index is 4.31. The van der Waals surface area contributed by atoms with Crippen LogP contribution < -0.4 is 0 Å². The minimum Gasteiger partial charge on any atom is -0.305 e. The Labute approximate surface area is 95.1 Å². The molecule has 3 rings (SSSR count). The first kappa shape index (κ1) is 9.58. The second-order valence-corrected chi connectivity index (χ2v) is 5.05. The lowest BCUT2D eigenvalue weighted by Gasteiger charge is -2.34. The number of hydrogen-bond acceptors (Lipinski definition) is 2. The van der Waals surface area contributed by atoms with E-state index in [9.17, 15) is 0 Å². The second-order valence-electron chi connectivity index (χ2n) is 5.05. The van der Waals surface area contributed by atoms with Gasteiger partial charge in [-0.05, 0) is 32.8 Å². The topological polar surface area (TPSA) is 30.7 Å². The van der Waals surface area contributed by atoms with Crippen molar-refractivity contribution in [1.82, 2.24) is 14.8 Å². The van der Waals surface area contributed by atoms with Crippen molar-refractivity contribution >= 4 is 0 Å². The highest BCUT2D eigenvalue weighted by molar-refractivity contribution is 5.63. The number of benzene rings is 1. The molecule has 2 heterocycles. The summed E-state index contributed by atoms with van der Waals surface area (Å²) in [5.41, 5.74) is 2.66. The molecule has 0 saturated carbocycles. The monoisotopic (exact) mass is 213 g/mol. The Morgan fingerprint density at radius 3 is 2.75 bits per heavy atom. The molecule has 0 radical (unpaired) electrons. The summed E-state index contributed by atoms with van der Waals surface area (Å²) in [4.78, 5) is 0. The highest BCUT2D eigenvalue weighted by atomic mass is 15.3. The van der Waals surface area contributed by atoms with E-state index in [-0.39, 0.29) is 5.54 Å². The summed E-state index contributed by atoms with van der Waals surface area (Å²) in [6.45, 7) is 6.50. The first-order valence-electron chi connectivity index (χ1n) is 5.60. The molecule has 0 amide bonds. The molecule has 0 fully saturated rings. The summed E-state index contributed by atoms with van der Waals surface area (Å²) in [6.07, 6.45) is 1.04. The summed E-state index contributed by atoms with van der Waals surface area (Å²) < 4.78 is 2.25. The molecule has 1 aromatic heterocycles. The predicted octanol–water partition coefficient (Wildman–Crippen LogP) is 2.54. The molecule has 0 aliphatic carbocycles. The van der Waals surface area contributed by atoms with Crippen LogP contribution in [0.5, 0.6) is 0 Å². The first-order chi connectivity index (χ1) is 7.59. The number of aryl methyl sites for hydroxylation is 1. The minimum atomic E-state index is 0.0667. The van der Waals surface area contributed by atoms with Gasteiger partial charge >= 0.3 is 0 Å². The van der Waals surface area contributed by atoms with Crippen LogP contribution in [-0.4, -0.2) is 14.8 Å². The van der Waals surface area contributed by atoms with Gasteiger partial charge in [-0.25, -0.2) is 0 Å². The normalized spacial score (nSPS) is 16.7. The van der Waals surface area contributed by atoms with E-state index >= 15 is 0 Å². The lowest BCUT2D eigenvalue weighted by Crippen LogP contribution is -2.33. The van der Waals surface area contributed by atoms with E-state index in [0.29, 0.717) is 0 Å². The van der Waals surface area contributed by atoms with Crippen molar-refractivity contribution in [2.45, 2.75) is 32.7 Å². The van der Waals surface area contributed by atoms with E-state index in [0.717, 1.165) is 18.1 Å². The van der Waals surface area contributed by atoms with E-state index in [4.69, 9.17) is 0 Å². The first-order valence-corrected chi connectivity index (χ1v) is 5.60. The molecule has 0 spiro atoms. The minimum absolute atomic E-state index is 0.0667. The van der Waals surface area contributed by atoms with E-state index in [1.807, 2.05) is 6.92 Å². The molecule has 0 atom stereocenters. The van der Waals surface area contributed by atoms with Gasteiger partial charge in [-0.3, -0.25) is 0 Å². The number of aromatic nitrogens is 3. The molecule has 0 saturated heterocycles. The Morgan fingerprint density at radius 2 is 1.94 bits per heavy atom. The Bertz CT molecular complexity index is 552. The zero-order valence-electron chi connectivity index (χ0n) is 9.86. The highest BCUT2D eigenvalue weighted by Gasteiger charge is 2.32. The average molecular weight is 213 g/mol. The molecule has 1 aliphatic rings. The van der Waals surface area contributed by atoms with Crippen LogP contribution in [0.4, 0.5) is 0 Å². The third-order valence-electron chi connectivity index (χ3n) is 3.31. The van der Waals surface area contributed by atoms with Crippen LogP contribution >= 0.6 is 0 Å². The van der Waals surface area contributed by atoms with Gasteiger partial charge < -0.3 is 4.57 Å². The molecule has 0 bridgehead atoms. The predicted molar refractivity (Wildman–Crippen MR) is 63.2 cm³/mol. The lowest BCUT2D eigenvalue weighted by molar-refractivity contribution is 0.340. The molecule has 3 heteroatoms. The quantitative estimate of drug-likeness (QED) is 0.673. The molecule has 3 nitrogen and oxygen atoms in total. The van der Waals surface area contributed by atoms with E-state index in [1.54, 1.807) is 0 Å². The van der Waals surface area contributed by atoms with Crippen molar-refractivity contribution < 1.29 is 0 Å². The Balaban J connectivity index is 2.34. The highest BCUT2D eigenvalue weighted by Crippen LogP contribution is 2.36. The van der Waals surface area contributed by atoms with Gasteiger partial charge in [0.1, 0.15) is 5.82 Å². The standard InChI is InChI=1S/C13H15N3/c1-9-14-15-12-11-7-5-4-6-10(11)8-13(2,3)16(9)12/h4-7H,8H2,1-3H3. The van der Waals surface area contributed by atoms with Gasteiger partial charge in [0.05, 0.1) is 0 Å². The fourth-order valence-corrected chi connectivity index (χ4v) is 2.70. The zero-order valence-corrected chi connectivity index (χ0v) is 9.86. The van der Waals surface area contributed by atoms with Crippen LogP contribution in [0.15, 0.2) is 24.3 Å². The van der Waals surface area contributed by atoms with Gasteiger partial charge in [0.15, 0.2) is 5.82 Å². The fourth-order valence-electron chi connectivity index (χ4n) is 2.70. The molecule has 1 aliphatic heterocycles. The van der Waals surface area contributed by atoms with Crippen LogP contribution in [0.1, 0.15) is 25.2 Å². The van der Waals surface area contributed by atoms with Crippen LogP contribution in [0.3, 0.4) is 0 Å². The molecular weight excluding hydrogens is 198 g/mol. The smallest absolute Gasteiger partial charge is 0.164 e. The van der Waals surface area contributed by atoms with Crippen LogP contribution in [0.25, 0.3) is 11.4 Å². The number of rotatable bonds is 0. The zero-order chi connectivity index (χ0) is 11.3. The number of nitrogens with zero attached hydrogens (tertiary/aromatic N) is 3. The van der Waals surface area contributed by atoms with E-state index in [2.05, 4.69) is 52.9 Å². The van der Waals surface area contributed by atoms with Gasteiger partial charge in [0, 0.05) is 11.1 Å². The van der Waals surface area contributed by atoms with E-state index < -0.39 is 0 Å². The van der Waals surface area contributed by atoms with Crippen molar-refractivity contribution in [2.75, 3.05) is 0 Å². The third kappa shape index (κ3) is 1.14. The van der Waals surface area contributed by atoms with Crippen LogP contribution in [0, 0.1) is 6.92 Å². The molecule has 0 unspecified atom stereocenters. The maximum atomic E-state index is 4.31. The summed E-state index contributed by atoms with van der Waals surface area (Å²) in [6, 6.07) is 8.47. The lowest BCUT2D eigenvalue weighted by atomic mass is 9.87. The molecule has 16 heavy (non-hydrogen) atoms. The van der Waals surface area contributed by atoms with Crippen molar-refractivity contribution in [1.29, 1.82) is 0 Å². The Morgan fingerprint density at radius 1 is 1.19 bits per heavy atom. The maximum Gasteiger partial charge on any atom is 0.164 e. The SMILES string of the molecule is Cc1nnc2n1C(C)(C)Cc1ccccc1-2. The summed E-state index contributed by atoms with van der Waals surface area (Å²) >= 11 is 0. The van der Waals surface area contributed by atoms with Gasteiger partial charge in [-0.1, -0.05) is 24.3 Å². The molecule has 82 valence electrons. The van der Waals surface area contributed by atoms with Crippen molar-refractivity contribution in [3.63, 3.8) is 0 Å². The Kier molecular flexibility index (Phi) is 1.76. The number of hydrogen-bond donors (Lipinski definition) is 0. The van der Waals surface area contributed by atoms with Crippen molar-refractivity contribution in [2.24, 2.45) is 0 Å². The van der Waals surface area contributed by atoms with Gasteiger partial charge in [0.25, 0.3) is 0 Å². The number of fused-ring (bicyclic) bond motifs is 3. The second kappa shape index (κ2) is 2.94. The molecule has 1 aromatic carbocycles. The average Bonchev–Trinajstić information content (AvgIpc) is 2.61. The van der Waals surface area contributed by atoms with Crippen molar-refractivity contribution in [3.8, 4) is 11.4 Å². The van der Waals surface area contributed by atoms with Crippen LogP contribution in [-0.2, 0) is 12.0 Å². The third-order valence-corrected chi connectivity index (χ3v) is 3.31. The van der Waals surface area contributed by atoms with Crippen LogP contribution in [0.2, 0.25) is 0 Å². The molecule has 2 aromatic rings. The fraction of sp³-hybridized carbons (Fsp3) is 0.385. The molecular formula is C13H15N3.